The molecule has 2 N–H and O–H groups in total. The molecule has 0 aliphatic heterocycles. The standard InChI is InChI=1S/C4H6O4S/c1-2-4(5)3-9(6,7)8/h1,4-5H,3H2,(H,6,7,8). The van der Waals surface area contributed by atoms with Gasteiger partial charge in [0.25, 0.3) is 10.1 Å². The Labute approximate surface area is 53.3 Å². The molecule has 9 heavy (non-hydrogen) atoms. The van der Waals surface area contributed by atoms with Crippen LogP contribution in [0.5, 0.6) is 0 Å². The van der Waals surface area contributed by atoms with Crippen LogP contribution in [-0.4, -0.2) is 29.9 Å². The predicted octanol–water partition coefficient (Wildman–Crippen LogP) is -1.13. The fourth-order valence-electron chi connectivity index (χ4n) is 0.248. The van der Waals surface area contributed by atoms with E-state index in [1.54, 1.807) is 5.92 Å². The molecule has 0 saturated carbocycles. The summed E-state index contributed by atoms with van der Waals surface area (Å²) in [6, 6.07) is 0. The van der Waals surface area contributed by atoms with E-state index in [0.717, 1.165) is 0 Å². The first-order valence-electron chi connectivity index (χ1n) is 2.05. The minimum atomic E-state index is -4.13. The van der Waals surface area contributed by atoms with Gasteiger partial charge in [0.2, 0.25) is 0 Å². The van der Waals surface area contributed by atoms with Gasteiger partial charge in [-0.05, 0) is 0 Å². The average Bonchev–Trinajstić information content (AvgIpc) is 1.62. The summed E-state index contributed by atoms with van der Waals surface area (Å²) < 4.78 is 27.8. The molecular weight excluding hydrogens is 144 g/mol. The Morgan fingerprint density at radius 2 is 2.11 bits per heavy atom. The summed E-state index contributed by atoms with van der Waals surface area (Å²) in [6.07, 6.45) is 3.19. The van der Waals surface area contributed by atoms with Crippen LogP contribution in [0.3, 0.4) is 0 Å². The van der Waals surface area contributed by atoms with Gasteiger partial charge in [-0.1, -0.05) is 5.92 Å². The van der Waals surface area contributed by atoms with E-state index in [-0.39, 0.29) is 0 Å². The zero-order valence-electron chi connectivity index (χ0n) is 4.48. The van der Waals surface area contributed by atoms with Crippen LogP contribution in [0.4, 0.5) is 0 Å². The molecule has 0 fully saturated rings. The quantitative estimate of drug-likeness (QED) is 0.386. The number of terminal acetylenes is 1. The zero-order valence-corrected chi connectivity index (χ0v) is 5.30. The molecule has 0 amide bonds. The lowest BCUT2D eigenvalue weighted by Gasteiger charge is -1.96. The van der Waals surface area contributed by atoms with E-state index in [0.29, 0.717) is 0 Å². The van der Waals surface area contributed by atoms with E-state index in [9.17, 15) is 8.42 Å². The molecule has 1 unspecified atom stereocenters. The van der Waals surface area contributed by atoms with Gasteiger partial charge in [0.1, 0.15) is 11.9 Å². The number of rotatable bonds is 2. The largest absolute Gasteiger partial charge is 0.379 e. The van der Waals surface area contributed by atoms with Gasteiger partial charge in [0.05, 0.1) is 0 Å². The van der Waals surface area contributed by atoms with E-state index in [4.69, 9.17) is 9.66 Å². The van der Waals surface area contributed by atoms with Crippen molar-refractivity contribution in [1.29, 1.82) is 0 Å². The molecule has 52 valence electrons. The topological polar surface area (TPSA) is 74.6 Å². The lowest BCUT2D eigenvalue weighted by atomic mass is 10.4. The van der Waals surface area contributed by atoms with Crippen molar-refractivity contribution in [2.24, 2.45) is 0 Å². The maximum Gasteiger partial charge on any atom is 0.268 e. The van der Waals surface area contributed by atoms with Gasteiger partial charge in [-0.15, -0.1) is 6.42 Å². The Hall–Kier alpha value is -0.570. The van der Waals surface area contributed by atoms with Gasteiger partial charge in [-0.3, -0.25) is 4.55 Å². The van der Waals surface area contributed by atoms with Crippen molar-refractivity contribution in [2.75, 3.05) is 5.75 Å². The third-order valence-corrected chi connectivity index (χ3v) is 1.30. The summed E-state index contributed by atoms with van der Waals surface area (Å²) >= 11 is 0. The summed E-state index contributed by atoms with van der Waals surface area (Å²) in [4.78, 5) is 0. The molecule has 0 bridgehead atoms. The van der Waals surface area contributed by atoms with Crippen molar-refractivity contribution < 1.29 is 18.1 Å². The van der Waals surface area contributed by atoms with Gasteiger partial charge < -0.3 is 5.11 Å². The molecule has 4 nitrogen and oxygen atoms in total. The van der Waals surface area contributed by atoms with Crippen LogP contribution < -0.4 is 0 Å². The first-order valence-corrected chi connectivity index (χ1v) is 3.66. The zero-order chi connectivity index (χ0) is 7.49. The Morgan fingerprint density at radius 1 is 1.67 bits per heavy atom. The van der Waals surface area contributed by atoms with Crippen molar-refractivity contribution in [3.05, 3.63) is 0 Å². The highest BCUT2D eigenvalue weighted by molar-refractivity contribution is 7.85. The first-order chi connectivity index (χ1) is 3.95. The maximum absolute atomic E-state index is 9.90. The molecule has 0 aromatic rings. The van der Waals surface area contributed by atoms with Gasteiger partial charge >= 0.3 is 0 Å². The fraction of sp³-hybridized carbons (Fsp3) is 0.500. The third kappa shape index (κ3) is 5.30. The lowest BCUT2D eigenvalue weighted by molar-refractivity contribution is 0.252. The third-order valence-electron chi connectivity index (χ3n) is 0.561. The van der Waals surface area contributed by atoms with Crippen molar-refractivity contribution in [1.82, 2.24) is 0 Å². The first kappa shape index (κ1) is 8.43. The second-order valence-electron chi connectivity index (χ2n) is 1.43. The van der Waals surface area contributed by atoms with E-state index >= 15 is 0 Å². The molecule has 0 radical (unpaired) electrons. The van der Waals surface area contributed by atoms with Crippen LogP contribution in [-0.2, 0) is 10.1 Å². The molecular formula is C4H6O4S. The van der Waals surface area contributed by atoms with Crippen LogP contribution in [0.25, 0.3) is 0 Å². The number of hydrogen-bond donors (Lipinski definition) is 2. The number of hydrogen-bond acceptors (Lipinski definition) is 3. The minimum absolute atomic E-state index is 0.802. The predicted molar refractivity (Wildman–Crippen MR) is 31.3 cm³/mol. The molecule has 0 aromatic carbocycles. The average molecular weight is 150 g/mol. The molecule has 5 heteroatoms. The summed E-state index contributed by atoms with van der Waals surface area (Å²) in [5, 5.41) is 8.42. The van der Waals surface area contributed by atoms with Gasteiger partial charge in [-0.2, -0.15) is 8.42 Å². The Kier molecular flexibility index (Phi) is 2.65. The van der Waals surface area contributed by atoms with Gasteiger partial charge in [0, 0.05) is 0 Å². The molecule has 0 aliphatic rings. The summed E-state index contributed by atoms with van der Waals surface area (Å²) in [5.41, 5.74) is 0. The van der Waals surface area contributed by atoms with Gasteiger partial charge in [-0.25, -0.2) is 0 Å². The van der Waals surface area contributed by atoms with Gasteiger partial charge in [0.15, 0.2) is 0 Å². The van der Waals surface area contributed by atoms with Crippen LogP contribution >= 0.6 is 0 Å². The normalized spacial score (nSPS) is 14.3. The molecule has 0 heterocycles. The van der Waals surface area contributed by atoms with Crippen LogP contribution in [0, 0.1) is 12.3 Å². The molecule has 0 aromatic heterocycles. The highest BCUT2D eigenvalue weighted by Gasteiger charge is 2.09. The lowest BCUT2D eigenvalue weighted by Crippen LogP contribution is -2.17. The van der Waals surface area contributed by atoms with Crippen LogP contribution in [0.1, 0.15) is 0 Å². The number of aliphatic hydroxyl groups is 1. The SMILES string of the molecule is C#CC(O)CS(=O)(=O)O. The van der Waals surface area contributed by atoms with Crippen LogP contribution in [0.15, 0.2) is 0 Å². The van der Waals surface area contributed by atoms with Crippen molar-refractivity contribution in [3.8, 4) is 12.3 Å². The highest BCUT2D eigenvalue weighted by Crippen LogP contribution is 1.86. The fourth-order valence-corrected chi connectivity index (χ4v) is 0.743. The van der Waals surface area contributed by atoms with E-state index in [1.807, 2.05) is 0 Å². The van der Waals surface area contributed by atoms with E-state index in [2.05, 4.69) is 6.42 Å². The van der Waals surface area contributed by atoms with Crippen molar-refractivity contribution in [2.45, 2.75) is 6.10 Å². The Bertz CT molecular complexity index is 209. The van der Waals surface area contributed by atoms with E-state index in [1.165, 1.54) is 0 Å². The maximum atomic E-state index is 9.90. The second-order valence-corrected chi connectivity index (χ2v) is 2.93. The highest BCUT2D eigenvalue weighted by atomic mass is 32.2. The molecule has 0 rings (SSSR count). The number of aliphatic hydroxyl groups excluding tert-OH is 1. The monoisotopic (exact) mass is 150 g/mol. The second kappa shape index (κ2) is 2.82. The van der Waals surface area contributed by atoms with Crippen molar-refractivity contribution >= 4 is 10.1 Å². The molecule has 1 atom stereocenters. The summed E-state index contributed by atoms with van der Waals surface area (Å²) in [5.74, 6) is 0.936. The Morgan fingerprint density at radius 3 is 2.22 bits per heavy atom. The summed E-state index contributed by atoms with van der Waals surface area (Å²) in [6.45, 7) is 0. The minimum Gasteiger partial charge on any atom is -0.379 e. The van der Waals surface area contributed by atoms with Crippen LogP contribution in [0.2, 0.25) is 0 Å². The molecule has 0 aliphatic carbocycles. The summed E-state index contributed by atoms with van der Waals surface area (Å²) in [7, 11) is -4.13. The Balaban J connectivity index is 3.94. The molecule has 0 saturated heterocycles. The smallest absolute Gasteiger partial charge is 0.268 e. The van der Waals surface area contributed by atoms with E-state index < -0.39 is 22.0 Å². The van der Waals surface area contributed by atoms with Crippen molar-refractivity contribution in [3.63, 3.8) is 0 Å². The molecule has 0 spiro atoms.